The van der Waals surface area contributed by atoms with Crippen LogP contribution in [0.1, 0.15) is 0 Å². The lowest BCUT2D eigenvalue weighted by atomic mass is 10.2. The zero-order chi connectivity index (χ0) is 12.7. The van der Waals surface area contributed by atoms with Gasteiger partial charge in [-0.1, -0.05) is 12.1 Å². The van der Waals surface area contributed by atoms with Crippen LogP contribution in [-0.4, -0.2) is 15.1 Å². The smallest absolute Gasteiger partial charge is 0.142 e. The first-order valence-electron chi connectivity index (χ1n) is 5.28. The van der Waals surface area contributed by atoms with Gasteiger partial charge in [0.05, 0.1) is 21.1 Å². The molecule has 0 bridgehead atoms. The quantitative estimate of drug-likeness (QED) is 0.717. The Balaban J connectivity index is 2.23. The molecule has 0 aliphatic heterocycles. The third kappa shape index (κ3) is 1.76. The fraction of sp³-hybridized carbons (Fsp3) is 0. The second kappa shape index (κ2) is 4.10. The summed E-state index contributed by atoms with van der Waals surface area (Å²) in [6.07, 6.45) is 0. The van der Waals surface area contributed by atoms with E-state index in [0.717, 1.165) is 0 Å². The summed E-state index contributed by atoms with van der Waals surface area (Å²) in [5.74, 6) is 0.298. The van der Waals surface area contributed by atoms with Gasteiger partial charge in [-0.2, -0.15) is 0 Å². The van der Waals surface area contributed by atoms with Crippen molar-refractivity contribution >= 4 is 27.0 Å². The van der Waals surface area contributed by atoms with E-state index in [-0.39, 0.29) is 11.6 Å². The third-order valence-corrected chi connectivity index (χ3v) is 3.29. The van der Waals surface area contributed by atoms with Gasteiger partial charge in [-0.25, -0.2) is 9.37 Å². The number of hydrogen-bond acceptors (Lipinski definition) is 2. The SMILES string of the molecule is Oc1ccccc1-c1nc2cc(Br)c(F)cc2[nH]1. The molecule has 0 atom stereocenters. The van der Waals surface area contributed by atoms with E-state index in [1.165, 1.54) is 6.07 Å². The van der Waals surface area contributed by atoms with E-state index < -0.39 is 0 Å². The lowest BCUT2D eigenvalue weighted by Gasteiger charge is -1.98. The molecule has 2 N–H and O–H groups in total. The summed E-state index contributed by atoms with van der Waals surface area (Å²) >= 11 is 3.12. The van der Waals surface area contributed by atoms with Crippen molar-refractivity contribution in [3.8, 4) is 17.1 Å². The van der Waals surface area contributed by atoms with Crippen molar-refractivity contribution in [2.75, 3.05) is 0 Å². The zero-order valence-corrected chi connectivity index (χ0v) is 10.7. The molecule has 0 saturated carbocycles. The summed E-state index contributed by atoms with van der Waals surface area (Å²) in [4.78, 5) is 7.32. The van der Waals surface area contributed by atoms with Crippen molar-refractivity contribution in [1.29, 1.82) is 0 Å². The highest BCUT2D eigenvalue weighted by molar-refractivity contribution is 9.10. The summed E-state index contributed by atoms with van der Waals surface area (Å²) in [6.45, 7) is 0. The fourth-order valence-electron chi connectivity index (χ4n) is 1.81. The average molecular weight is 307 g/mol. The number of benzene rings is 2. The Labute approximate surface area is 110 Å². The molecule has 1 heterocycles. The summed E-state index contributed by atoms with van der Waals surface area (Å²) < 4.78 is 13.8. The van der Waals surface area contributed by atoms with Crippen molar-refractivity contribution in [2.45, 2.75) is 0 Å². The summed E-state index contributed by atoms with van der Waals surface area (Å²) in [6, 6.07) is 9.84. The number of halogens is 2. The molecular formula is C13H8BrFN2O. The van der Waals surface area contributed by atoms with Crippen LogP contribution >= 0.6 is 15.9 Å². The molecule has 5 heteroatoms. The fourth-order valence-corrected chi connectivity index (χ4v) is 2.14. The van der Waals surface area contributed by atoms with Gasteiger partial charge in [0.1, 0.15) is 17.4 Å². The minimum absolute atomic E-state index is 0.135. The molecule has 0 radical (unpaired) electrons. The van der Waals surface area contributed by atoms with E-state index in [4.69, 9.17) is 0 Å². The number of para-hydroxylation sites is 1. The van der Waals surface area contributed by atoms with E-state index in [9.17, 15) is 9.50 Å². The number of H-pyrrole nitrogens is 1. The maximum absolute atomic E-state index is 13.4. The molecule has 18 heavy (non-hydrogen) atoms. The molecule has 0 aliphatic carbocycles. The highest BCUT2D eigenvalue weighted by Crippen LogP contribution is 2.29. The number of rotatable bonds is 1. The molecule has 3 rings (SSSR count). The second-order valence-corrected chi connectivity index (χ2v) is 4.74. The third-order valence-electron chi connectivity index (χ3n) is 2.68. The average Bonchev–Trinajstić information content (AvgIpc) is 2.73. The lowest BCUT2D eigenvalue weighted by molar-refractivity contribution is 0.477. The number of phenols is 1. The standard InChI is InChI=1S/C13H8BrFN2O/c14-8-5-10-11(6-9(8)15)17-13(16-10)7-3-1-2-4-12(7)18/h1-6,18H,(H,16,17). The van der Waals surface area contributed by atoms with Crippen LogP contribution in [0, 0.1) is 5.82 Å². The predicted molar refractivity (Wildman–Crippen MR) is 70.9 cm³/mol. The van der Waals surface area contributed by atoms with Crippen LogP contribution in [0.4, 0.5) is 4.39 Å². The monoisotopic (exact) mass is 306 g/mol. The van der Waals surface area contributed by atoms with Gasteiger partial charge in [0.2, 0.25) is 0 Å². The lowest BCUT2D eigenvalue weighted by Crippen LogP contribution is -1.80. The second-order valence-electron chi connectivity index (χ2n) is 3.89. The summed E-state index contributed by atoms with van der Waals surface area (Å²) in [7, 11) is 0. The van der Waals surface area contributed by atoms with E-state index in [0.29, 0.717) is 26.9 Å². The van der Waals surface area contributed by atoms with Crippen molar-refractivity contribution in [3.63, 3.8) is 0 Å². The predicted octanol–water partition coefficient (Wildman–Crippen LogP) is 3.84. The van der Waals surface area contributed by atoms with Crippen LogP contribution in [0.5, 0.6) is 5.75 Å². The number of aromatic hydroxyl groups is 1. The van der Waals surface area contributed by atoms with Gasteiger partial charge >= 0.3 is 0 Å². The van der Waals surface area contributed by atoms with Gasteiger partial charge in [0.25, 0.3) is 0 Å². The summed E-state index contributed by atoms with van der Waals surface area (Å²) in [5.41, 5.74) is 1.82. The van der Waals surface area contributed by atoms with Crippen LogP contribution < -0.4 is 0 Å². The first kappa shape index (κ1) is 11.2. The van der Waals surface area contributed by atoms with Crippen molar-refractivity contribution < 1.29 is 9.50 Å². The Hall–Kier alpha value is -1.88. The largest absolute Gasteiger partial charge is 0.507 e. The van der Waals surface area contributed by atoms with Gasteiger partial charge in [-0.15, -0.1) is 0 Å². The first-order valence-corrected chi connectivity index (χ1v) is 6.07. The molecule has 0 aliphatic rings. The number of fused-ring (bicyclic) bond motifs is 1. The minimum atomic E-state index is -0.352. The molecule has 90 valence electrons. The minimum Gasteiger partial charge on any atom is -0.507 e. The van der Waals surface area contributed by atoms with Gasteiger partial charge in [-0.3, -0.25) is 0 Å². The highest BCUT2D eigenvalue weighted by atomic mass is 79.9. The van der Waals surface area contributed by atoms with Crippen LogP contribution in [0.15, 0.2) is 40.9 Å². The van der Waals surface area contributed by atoms with Crippen LogP contribution in [0.25, 0.3) is 22.4 Å². The number of aromatic nitrogens is 2. The van der Waals surface area contributed by atoms with Gasteiger partial charge in [0.15, 0.2) is 0 Å². The van der Waals surface area contributed by atoms with Crippen molar-refractivity contribution in [3.05, 3.63) is 46.7 Å². The van der Waals surface area contributed by atoms with Gasteiger partial charge in [-0.05, 0) is 34.1 Å². The molecular weight excluding hydrogens is 299 g/mol. The van der Waals surface area contributed by atoms with E-state index in [1.54, 1.807) is 30.3 Å². The molecule has 0 spiro atoms. The van der Waals surface area contributed by atoms with Gasteiger partial charge < -0.3 is 10.1 Å². The molecule has 2 aromatic carbocycles. The van der Waals surface area contributed by atoms with Crippen molar-refractivity contribution in [1.82, 2.24) is 9.97 Å². The van der Waals surface area contributed by atoms with Gasteiger partial charge in [0, 0.05) is 6.07 Å². The molecule has 0 amide bonds. The molecule has 0 unspecified atom stereocenters. The van der Waals surface area contributed by atoms with Crippen LogP contribution in [-0.2, 0) is 0 Å². The molecule has 1 aromatic heterocycles. The summed E-state index contributed by atoms with van der Waals surface area (Å²) in [5, 5.41) is 9.75. The number of phenolic OH excluding ortho intramolecular Hbond substituents is 1. The maximum Gasteiger partial charge on any atom is 0.142 e. The Morgan fingerprint density at radius 2 is 2.00 bits per heavy atom. The van der Waals surface area contributed by atoms with Crippen molar-refractivity contribution in [2.24, 2.45) is 0 Å². The normalized spacial score (nSPS) is 11.0. The maximum atomic E-state index is 13.4. The number of aromatic amines is 1. The number of hydrogen-bond donors (Lipinski definition) is 2. The zero-order valence-electron chi connectivity index (χ0n) is 9.11. The Morgan fingerprint density at radius 1 is 1.22 bits per heavy atom. The molecule has 3 nitrogen and oxygen atoms in total. The highest BCUT2D eigenvalue weighted by Gasteiger charge is 2.10. The van der Waals surface area contributed by atoms with Crippen LogP contribution in [0.3, 0.4) is 0 Å². The Morgan fingerprint density at radius 3 is 2.78 bits per heavy atom. The van der Waals surface area contributed by atoms with E-state index in [1.807, 2.05) is 0 Å². The van der Waals surface area contributed by atoms with E-state index >= 15 is 0 Å². The topological polar surface area (TPSA) is 48.9 Å². The molecule has 0 fully saturated rings. The number of nitrogens with zero attached hydrogens (tertiary/aromatic N) is 1. The first-order chi connectivity index (χ1) is 8.65. The molecule has 3 aromatic rings. The Kier molecular flexibility index (Phi) is 2.56. The van der Waals surface area contributed by atoms with E-state index in [2.05, 4.69) is 25.9 Å². The molecule has 0 saturated heterocycles. The number of nitrogens with one attached hydrogen (secondary N) is 1. The van der Waals surface area contributed by atoms with Crippen LogP contribution in [0.2, 0.25) is 0 Å². The Bertz CT molecular complexity index is 700. The number of imidazole rings is 1.